The summed E-state index contributed by atoms with van der Waals surface area (Å²) >= 11 is 1.05. The summed E-state index contributed by atoms with van der Waals surface area (Å²) in [4.78, 5) is 13.8. The molecule has 0 aliphatic carbocycles. The summed E-state index contributed by atoms with van der Waals surface area (Å²) in [6.45, 7) is 5.72. The van der Waals surface area contributed by atoms with E-state index < -0.39 is 0 Å². The molecule has 1 saturated heterocycles. The van der Waals surface area contributed by atoms with E-state index in [1.807, 2.05) is 0 Å². The van der Waals surface area contributed by atoms with Crippen LogP contribution in [0, 0.1) is 0 Å². The van der Waals surface area contributed by atoms with Crippen molar-refractivity contribution in [3.63, 3.8) is 0 Å². The van der Waals surface area contributed by atoms with Crippen LogP contribution in [0.1, 0.15) is 10.5 Å². The topological polar surface area (TPSA) is 70.2 Å². The highest BCUT2D eigenvalue weighted by atomic mass is 32.1. The summed E-state index contributed by atoms with van der Waals surface area (Å²) in [6, 6.07) is 0. The number of hydrogen-bond donors (Lipinski definition) is 2. The molecule has 1 fully saturated rings. The first-order valence-corrected chi connectivity index (χ1v) is 6.08. The quantitative estimate of drug-likeness (QED) is 0.720. The van der Waals surface area contributed by atoms with Crippen LogP contribution in [0.15, 0.2) is 6.20 Å². The van der Waals surface area contributed by atoms with Crippen molar-refractivity contribution in [1.29, 1.82) is 0 Å². The second-order valence-electron chi connectivity index (χ2n) is 3.64. The van der Waals surface area contributed by atoms with Gasteiger partial charge in [-0.25, -0.2) is 0 Å². The molecular formula is C9H15N5OS. The standard InChI is InChI=1S/C9H15N5OS/c15-9(8-7-12-16-13-8)11-3-6-14-4-1-10-2-5-14/h7,10H,1-6H2,(H,11,15). The second-order valence-corrected chi connectivity index (χ2v) is 4.20. The molecule has 1 aromatic rings. The molecule has 1 aromatic heterocycles. The number of hydrogen-bond acceptors (Lipinski definition) is 6. The van der Waals surface area contributed by atoms with Crippen molar-refractivity contribution in [3.8, 4) is 0 Å². The molecule has 0 unspecified atom stereocenters. The van der Waals surface area contributed by atoms with E-state index in [1.54, 1.807) is 0 Å². The third-order valence-corrected chi connectivity index (χ3v) is 3.00. The Morgan fingerprint density at radius 2 is 2.38 bits per heavy atom. The molecule has 88 valence electrons. The molecule has 7 heteroatoms. The average Bonchev–Trinajstić information content (AvgIpc) is 2.84. The highest BCUT2D eigenvalue weighted by Crippen LogP contribution is 1.95. The smallest absolute Gasteiger partial charge is 0.272 e. The van der Waals surface area contributed by atoms with Gasteiger partial charge in [-0.2, -0.15) is 8.75 Å². The summed E-state index contributed by atoms with van der Waals surface area (Å²) in [7, 11) is 0. The fraction of sp³-hybridized carbons (Fsp3) is 0.667. The fourth-order valence-corrected chi connectivity index (χ4v) is 2.03. The molecule has 2 heterocycles. The molecule has 1 aliphatic rings. The van der Waals surface area contributed by atoms with Crippen LogP contribution in [0.2, 0.25) is 0 Å². The van der Waals surface area contributed by atoms with Crippen LogP contribution in [-0.2, 0) is 0 Å². The maximum Gasteiger partial charge on any atom is 0.272 e. The molecule has 0 bridgehead atoms. The Morgan fingerprint density at radius 1 is 1.56 bits per heavy atom. The fourth-order valence-electron chi connectivity index (χ4n) is 1.62. The Bertz CT molecular complexity index is 323. The van der Waals surface area contributed by atoms with Gasteiger partial charge in [0.25, 0.3) is 5.91 Å². The summed E-state index contributed by atoms with van der Waals surface area (Å²) in [5.41, 5.74) is 0.408. The Hall–Kier alpha value is -1.05. The maximum absolute atomic E-state index is 11.5. The molecule has 1 amide bonds. The van der Waals surface area contributed by atoms with Gasteiger partial charge in [-0.15, -0.1) is 0 Å². The van der Waals surface area contributed by atoms with E-state index in [4.69, 9.17) is 0 Å². The van der Waals surface area contributed by atoms with Crippen molar-refractivity contribution in [3.05, 3.63) is 11.9 Å². The number of nitrogens with zero attached hydrogens (tertiary/aromatic N) is 3. The van der Waals surface area contributed by atoms with Gasteiger partial charge in [-0.05, 0) is 0 Å². The highest BCUT2D eigenvalue weighted by Gasteiger charge is 2.11. The lowest BCUT2D eigenvalue weighted by molar-refractivity contribution is 0.0943. The molecule has 0 radical (unpaired) electrons. The van der Waals surface area contributed by atoms with E-state index in [-0.39, 0.29) is 5.91 Å². The second kappa shape index (κ2) is 5.88. The number of piperazine rings is 1. The van der Waals surface area contributed by atoms with E-state index >= 15 is 0 Å². The summed E-state index contributed by atoms with van der Waals surface area (Å²) in [5.74, 6) is -0.135. The first-order chi connectivity index (χ1) is 7.86. The van der Waals surface area contributed by atoms with Crippen LogP contribution in [0.5, 0.6) is 0 Å². The van der Waals surface area contributed by atoms with E-state index in [2.05, 4.69) is 24.3 Å². The molecule has 16 heavy (non-hydrogen) atoms. The molecule has 6 nitrogen and oxygen atoms in total. The molecule has 0 saturated carbocycles. The monoisotopic (exact) mass is 241 g/mol. The maximum atomic E-state index is 11.5. The first-order valence-electron chi connectivity index (χ1n) is 5.35. The average molecular weight is 241 g/mol. The normalized spacial score (nSPS) is 17.2. The number of aromatic nitrogens is 2. The van der Waals surface area contributed by atoms with E-state index in [0.717, 1.165) is 44.5 Å². The minimum atomic E-state index is -0.135. The molecule has 0 aromatic carbocycles. The minimum absolute atomic E-state index is 0.135. The van der Waals surface area contributed by atoms with Gasteiger partial charge in [0.2, 0.25) is 0 Å². The Labute approximate surface area is 98.4 Å². The third kappa shape index (κ3) is 3.22. The van der Waals surface area contributed by atoms with Crippen LogP contribution in [0.3, 0.4) is 0 Å². The van der Waals surface area contributed by atoms with E-state index in [0.29, 0.717) is 12.2 Å². The van der Waals surface area contributed by atoms with Crippen LogP contribution < -0.4 is 10.6 Å². The Morgan fingerprint density at radius 3 is 3.06 bits per heavy atom. The molecule has 0 atom stereocenters. The van der Waals surface area contributed by atoms with Gasteiger partial charge < -0.3 is 10.6 Å². The molecule has 1 aliphatic heterocycles. The lowest BCUT2D eigenvalue weighted by Crippen LogP contribution is -2.46. The van der Waals surface area contributed by atoms with Crippen molar-refractivity contribution in [2.24, 2.45) is 0 Å². The predicted octanol–water partition coefficient (Wildman–Crippen LogP) is -0.827. The van der Waals surface area contributed by atoms with Crippen molar-refractivity contribution in [2.75, 3.05) is 39.3 Å². The zero-order valence-electron chi connectivity index (χ0n) is 8.98. The SMILES string of the molecule is O=C(NCCN1CCNCC1)c1cnsn1. The third-order valence-electron chi connectivity index (χ3n) is 2.52. The van der Waals surface area contributed by atoms with Crippen molar-refractivity contribution in [1.82, 2.24) is 24.3 Å². The van der Waals surface area contributed by atoms with Gasteiger partial charge in [0.1, 0.15) is 0 Å². The lowest BCUT2D eigenvalue weighted by atomic mass is 10.3. The van der Waals surface area contributed by atoms with Gasteiger partial charge in [-0.1, -0.05) is 0 Å². The van der Waals surface area contributed by atoms with Crippen LogP contribution in [0.25, 0.3) is 0 Å². The molecule has 0 spiro atoms. The number of carbonyl (C=O) groups is 1. The summed E-state index contributed by atoms with van der Waals surface area (Å²) < 4.78 is 7.67. The first kappa shape index (κ1) is 11.4. The van der Waals surface area contributed by atoms with Crippen LogP contribution in [0.4, 0.5) is 0 Å². The zero-order valence-corrected chi connectivity index (χ0v) is 9.79. The van der Waals surface area contributed by atoms with Crippen molar-refractivity contribution < 1.29 is 4.79 Å². The predicted molar refractivity (Wildman–Crippen MR) is 61.6 cm³/mol. The van der Waals surface area contributed by atoms with E-state index in [1.165, 1.54) is 6.20 Å². The summed E-state index contributed by atoms with van der Waals surface area (Å²) in [6.07, 6.45) is 1.49. The molecule has 2 N–H and O–H groups in total. The molecule has 2 rings (SSSR count). The van der Waals surface area contributed by atoms with Gasteiger partial charge in [0, 0.05) is 39.3 Å². The largest absolute Gasteiger partial charge is 0.349 e. The number of rotatable bonds is 4. The van der Waals surface area contributed by atoms with Crippen LogP contribution >= 0.6 is 11.7 Å². The minimum Gasteiger partial charge on any atom is -0.349 e. The van der Waals surface area contributed by atoms with Gasteiger partial charge in [0.05, 0.1) is 17.9 Å². The summed E-state index contributed by atoms with van der Waals surface area (Å²) in [5, 5.41) is 6.13. The highest BCUT2D eigenvalue weighted by molar-refractivity contribution is 6.99. The van der Waals surface area contributed by atoms with Gasteiger partial charge in [0.15, 0.2) is 5.69 Å². The van der Waals surface area contributed by atoms with Gasteiger partial charge in [-0.3, -0.25) is 9.69 Å². The van der Waals surface area contributed by atoms with Crippen molar-refractivity contribution >= 4 is 17.6 Å². The van der Waals surface area contributed by atoms with Crippen LogP contribution in [-0.4, -0.2) is 58.8 Å². The van der Waals surface area contributed by atoms with Crippen molar-refractivity contribution in [2.45, 2.75) is 0 Å². The number of nitrogens with one attached hydrogen (secondary N) is 2. The lowest BCUT2D eigenvalue weighted by Gasteiger charge is -2.26. The number of carbonyl (C=O) groups excluding carboxylic acids is 1. The Balaban J connectivity index is 1.66. The number of amides is 1. The zero-order chi connectivity index (χ0) is 11.2. The van der Waals surface area contributed by atoms with E-state index in [9.17, 15) is 4.79 Å². The molecular weight excluding hydrogens is 226 g/mol. The Kier molecular flexibility index (Phi) is 4.20. The van der Waals surface area contributed by atoms with Gasteiger partial charge >= 0.3 is 0 Å².